The van der Waals surface area contributed by atoms with Gasteiger partial charge in [0.25, 0.3) is 0 Å². The molecule has 0 spiro atoms. The predicted octanol–water partition coefficient (Wildman–Crippen LogP) is 3.14. The molecule has 0 saturated heterocycles. The van der Waals surface area contributed by atoms with Crippen molar-refractivity contribution in [3.63, 3.8) is 0 Å². The van der Waals surface area contributed by atoms with E-state index in [2.05, 4.69) is 26.2 Å². The molecule has 2 aliphatic rings. The van der Waals surface area contributed by atoms with E-state index in [1.165, 1.54) is 31.0 Å². The Morgan fingerprint density at radius 1 is 1.23 bits per heavy atom. The van der Waals surface area contributed by atoms with E-state index < -0.39 is 12.0 Å². The molecule has 1 aliphatic carbocycles. The van der Waals surface area contributed by atoms with Crippen molar-refractivity contribution in [2.45, 2.75) is 56.3 Å². The third kappa shape index (κ3) is 4.90. The Morgan fingerprint density at radius 2 is 2.00 bits per heavy atom. The summed E-state index contributed by atoms with van der Waals surface area (Å²) < 4.78 is 7.19. The van der Waals surface area contributed by atoms with Gasteiger partial charge in [-0.25, -0.2) is 14.3 Å². The van der Waals surface area contributed by atoms with Crippen LogP contribution < -0.4 is 10.6 Å². The molecule has 2 heterocycles. The smallest absolute Gasteiger partial charge is 0.338 e. The lowest BCUT2D eigenvalue weighted by Crippen LogP contribution is -2.46. The van der Waals surface area contributed by atoms with Crippen LogP contribution in [0.25, 0.3) is 0 Å². The summed E-state index contributed by atoms with van der Waals surface area (Å²) in [5, 5.41) is 18.6. The van der Waals surface area contributed by atoms with Crippen LogP contribution in [0.15, 0.2) is 46.8 Å². The summed E-state index contributed by atoms with van der Waals surface area (Å²) in [4.78, 5) is 25.2. The number of urea groups is 1. The van der Waals surface area contributed by atoms with Crippen molar-refractivity contribution in [1.82, 2.24) is 30.8 Å². The Bertz CT molecular complexity index is 955. The standard InChI is InChI=1S/C21H26N6O3S/c1-2-30-19(28)17-16(22-20(29)23-18(17)14-9-5-3-6-10-14)13-31-21-24-25-26-27(21)15-11-7-4-8-12-15/h3,5-6,9-10,15,18H,2,4,7-8,11-13H2,1H3,(H2,22,23,29). The molecule has 0 bridgehead atoms. The molecule has 0 radical (unpaired) electrons. The van der Waals surface area contributed by atoms with Gasteiger partial charge in [0.15, 0.2) is 0 Å². The van der Waals surface area contributed by atoms with Crippen LogP contribution in [0, 0.1) is 0 Å². The number of rotatable bonds is 7. The van der Waals surface area contributed by atoms with E-state index in [1.807, 2.05) is 35.0 Å². The third-order valence-electron chi connectivity index (χ3n) is 5.51. The summed E-state index contributed by atoms with van der Waals surface area (Å²) in [5.74, 6) is -0.107. The molecule has 2 amide bonds. The summed E-state index contributed by atoms with van der Waals surface area (Å²) in [6.07, 6.45) is 5.72. The molecule has 1 aliphatic heterocycles. The van der Waals surface area contributed by atoms with Gasteiger partial charge in [0, 0.05) is 11.4 Å². The highest BCUT2D eigenvalue weighted by atomic mass is 32.2. The molecule has 10 heteroatoms. The zero-order valence-corrected chi connectivity index (χ0v) is 18.2. The van der Waals surface area contributed by atoms with Gasteiger partial charge in [-0.1, -0.05) is 61.4 Å². The monoisotopic (exact) mass is 442 g/mol. The van der Waals surface area contributed by atoms with Gasteiger partial charge < -0.3 is 15.4 Å². The van der Waals surface area contributed by atoms with Gasteiger partial charge in [-0.2, -0.15) is 0 Å². The highest BCUT2D eigenvalue weighted by Crippen LogP contribution is 2.33. The number of benzene rings is 1. The summed E-state index contributed by atoms with van der Waals surface area (Å²) in [7, 11) is 0. The van der Waals surface area contributed by atoms with E-state index in [1.54, 1.807) is 6.92 Å². The van der Waals surface area contributed by atoms with E-state index in [4.69, 9.17) is 4.74 Å². The lowest BCUT2D eigenvalue weighted by molar-refractivity contribution is -0.139. The number of aromatic nitrogens is 4. The molecule has 4 rings (SSSR count). The average molecular weight is 443 g/mol. The molecule has 1 unspecified atom stereocenters. The molecule has 9 nitrogen and oxygen atoms in total. The minimum atomic E-state index is -0.584. The van der Waals surface area contributed by atoms with E-state index in [9.17, 15) is 9.59 Å². The number of carbonyl (C=O) groups is 2. The zero-order chi connectivity index (χ0) is 21.6. The number of hydrogen-bond donors (Lipinski definition) is 2. The highest BCUT2D eigenvalue weighted by Gasteiger charge is 2.34. The van der Waals surface area contributed by atoms with Crippen LogP contribution in [0.2, 0.25) is 0 Å². The van der Waals surface area contributed by atoms with Gasteiger partial charge in [0.1, 0.15) is 0 Å². The third-order valence-corrected chi connectivity index (χ3v) is 6.47. The second-order valence-corrected chi connectivity index (χ2v) is 8.48. The molecule has 1 aromatic carbocycles. The Balaban J connectivity index is 1.61. The Morgan fingerprint density at radius 3 is 2.74 bits per heavy atom. The molecule has 31 heavy (non-hydrogen) atoms. The summed E-state index contributed by atoms with van der Waals surface area (Å²) >= 11 is 1.41. The Hall–Kier alpha value is -2.88. The molecule has 2 aromatic rings. The minimum Gasteiger partial charge on any atom is -0.463 e. The van der Waals surface area contributed by atoms with Crippen LogP contribution in [-0.4, -0.2) is 44.6 Å². The quantitative estimate of drug-likeness (QED) is 0.500. The number of nitrogens with one attached hydrogen (secondary N) is 2. The number of hydrogen-bond acceptors (Lipinski definition) is 7. The van der Waals surface area contributed by atoms with Crippen molar-refractivity contribution in [1.29, 1.82) is 0 Å². The minimum absolute atomic E-state index is 0.248. The van der Waals surface area contributed by atoms with Gasteiger partial charge in [0.05, 0.1) is 24.3 Å². The van der Waals surface area contributed by atoms with Crippen LogP contribution >= 0.6 is 11.8 Å². The summed E-state index contributed by atoms with van der Waals surface area (Å²) in [6, 6.07) is 8.75. The fourth-order valence-electron chi connectivity index (χ4n) is 4.05. The van der Waals surface area contributed by atoms with E-state index in [-0.39, 0.29) is 12.6 Å². The van der Waals surface area contributed by atoms with Crippen molar-refractivity contribution >= 4 is 23.8 Å². The molecule has 1 atom stereocenters. The fourth-order valence-corrected chi connectivity index (χ4v) is 4.96. The Labute approximate surface area is 185 Å². The van der Waals surface area contributed by atoms with Gasteiger partial charge in [0.2, 0.25) is 5.16 Å². The van der Waals surface area contributed by atoms with Crippen LogP contribution in [0.1, 0.15) is 56.7 Å². The molecule has 164 valence electrons. The number of esters is 1. The fraction of sp³-hybridized carbons (Fsp3) is 0.476. The molecule has 1 saturated carbocycles. The van der Waals surface area contributed by atoms with E-state index in [0.29, 0.717) is 28.2 Å². The average Bonchev–Trinajstić information content (AvgIpc) is 3.27. The lowest BCUT2D eigenvalue weighted by atomic mass is 9.95. The molecule has 1 aromatic heterocycles. The summed E-state index contributed by atoms with van der Waals surface area (Å²) in [5.41, 5.74) is 1.73. The maximum atomic E-state index is 12.8. The van der Waals surface area contributed by atoms with Gasteiger partial charge in [-0.05, 0) is 35.8 Å². The lowest BCUT2D eigenvalue weighted by Gasteiger charge is -2.29. The van der Waals surface area contributed by atoms with E-state index in [0.717, 1.165) is 18.4 Å². The number of carbonyl (C=O) groups excluding carboxylic acids is 2. The second kappa shape index (κ2) is 9.95. The normalized spacial score (nSPS) is 19.6. The first-order valence-electron chi connectivity index (χ1n) is 10.6. The van der Waals surface area contributed by atoms with Gasteiger partial charge in [-0.15, -0.1) is 5.10 Å². The first-order valence-corrected chi connectivity index (χ1v) is 11.6. The van der Waals surface area contributed by atoms with Crippen LogP contribution in [0.4, 0.5) is 4.79 Å². The molecular weight excluding hydrogens is 416 g/mol. The largest absolute Gasteiger partial charge is 0.463 e. The van der Waals surface area contributed by atoms with Crippen LogP contribution in [0.5, 0.6) is 0 Å². The number of ether oxygens (including phenoxy) is 1. The first-order chi connectivity index (χ1) is 15.2. The molecular formula is C21H26N6O3S. The van der Waals surface area contributed by atoms with Crippen LogP contribution in [0.3, 0.4) is 0 Å². The number of amides is 2. The number of nitrogens with zero attached hydrogens (tertiary/aromatic N) is 4. The number of thioether (sulfide) groups is 1. The molecule has 1 fully saturated rings. The highest BCUT2D eigenvalue weighted by molar-refractivity contribution is 7.99. The van der Waals surface area contributed by atoms with E-state index >= 15 is 0 Å². The predicted molar refractivity (Wildman–Crippen MR) is 115 cm³/mol. The molecule has 2 N–H and O–H groups in total. The second-order valence-electron chi connectivity index (χ2n) is 7.54. The SMILES string of the molecule is CCOC(=O)C1=C(CSc2nnnn2C2CCCCC2)NC(=O)NC1c1ccccc1. The topological polar surface area (TPSA) is 111 Å². The maximum Gasteiger partial charge on any atom is 0.338 e. The van der Waals surface area contributed by atoms with Crippen molar-refractivity contribution in [2.75, 3.05) is 12.4 Å². The summed E-state index contributed by atoms with van der Waals surface area (Å²) in [6.45, 7) is 2.01. The van der Waals surface area contributed by atoms with Gasteiger partial charge >= 0.3 is 12.0 Å². The van der Waals surface area contributed by atoms with Crippen LogP contribution in [-0.2, 0) is 9.53 Å². The maximum absolute atomic E-state index is 12.8. The van der Waals surface area contributed by atoms with Crippen molar-refractivity contribution < 1.29 is 14.3 Å². The van der Waals surface area contributed by atoms with Crippen molar-refractivity contribution in [3.8, 4) is 0 Å². The Kier molecular flexibility index (Phi) is 6.86. The number of tetrazole rings is 1. The van der Waals surface area contributed by atoms with Gasteiger partial charge in [-0.3, -0.25) is 0 Å². The first kappa shape index (κ1) is 21.4. The van der Waals surface area contributed by atoms with Crippen molar-refractivity contribution in [2.24, 2.45) is 0 Å². The zero-order valence-electron chi connectivity index (χ0n) is 17.4. The van der Waals surface area contributed by atoms with Crippen molar-refractivity contribution in [3.05, 3.63) is 47.2 Å².